The van der Waals surface area contributed by atoms with Gasteiger partial charge in [0.2, 0.25) is 0 Å². The Morgan fingerprint density at radius 3 is 3.12 bits per heavy atom. The summed E-state index contributed by atoms with van der Waals surface area (Å²) in [5, 5.41) is 4.29. The Morgan fingerprint density at radius 2 is 2.29 bits per heavy atom. The van der Waals surface area contributed by atoms with Gasteiger partial charge in [0, 0.05) is 35.3 Å². The van der Waals surface area contributed by atoms with E-state index in [-0.39, 0.29) is 6.04 Å². The topological polar surface area (TPSA) is 56.2 Å². The van der Waals surface area contributed by atoms with Crippen LogP contribution in [-0.2, 0) is 6.42 Å². The fourth-order valence-corrected chi connectivity index (χ4v) is 2.56. The Balaban J connectivity index is 1.93. The van der Waals surface area contributed by atoms with Gasteiger partial charge in [-0.3, -0.25) is 4.98 Å². The number of nitrogens with two attached hydrogens (primary N) is 1. The third-order valence-electron chi connectivity index (χ3n) is 2.76. The van der Waals surface area contributed by atoms with Crippen LogP contribution in [0.4, 0.5) is 0 Å². The van der Waals surface area contributed by atoms with Gasteiger partial charge in [0.1, 0.15) is 0 Å². The van der Waals surface area contributed by atoms with Crippen LogP contribution in [0, 0.1) is 0 Å². The lowest BCUT2D eigenvalue weighted by atomic mass is 10.1. The molecule has 0 aliphatic rings. The van der Waals surface area contributed by atoms with Crippen LogP contribution in [0.5, 0.6) is 0 Å². The van der Waals surface area contributed by atoms with Gasteiger partial charge in [-0.2, -0.15) is 5.10 Å². The lowest BCUT2D eigenvalue weighted by Crippen LogP contribution is -2.12. The van der Waals surface area contributed by atoms with E-state index in [0.717, 1.165) is 17.5 Å². The number of fused-ring (bicyclic) bond motifs is 1. The van der Waals surface area contributed by atoms with E-state index in [4.69, 9.17) is 5.73 Å². The molecule has 3 aromatic heterocycles. The maximum Gasteiger partial charge on any atom is 0.0794 e. The number of thiazole rings is 1. The molecule has 3 heterocycles. The van der Waals surface area contributed by atoms with Crippen LogP contribution >= 0.6 is 11.3 Å². The SMILES string of the molecule is NC(Cc1cncs1)c1cnn2ccccc12. The third kappa shape index (κ3) is 1.94. The van der Waals surface area contributed by atoms with Crippen LogP contribution in [0.3, 0.4) is 0 Å². The van der Waals surface area contributed by atoms with Gasteiger partial charge < -0.3 is 5.73 Å². The predicted molar refractivity (Wildman–Crippen MR) is 67.9 cm³/mol. The summed E-state index contributed by atoms with van der Waals surface area (Å²) in [6.07, 6.45) is 6.45. The van der Waals surface area contributed by atoms with Crippen LogP contribution in [0.25, 0.3) is 5.52 Å². The summed E-state index contributed by atoms with van der Waals surface area (Å²) in [7, 11) is 0. The second-order valence-corrected chi connectivity index (χ2v) is 4.88. The van der Waals surface area contributed by atoms with Gasteiger partial charge in [-0.25, -0.2) is 4.52 Å². The standard InChI is InChI=1S/C12H12N4S/c13-11(5-9-6-14-8-17-9)10-7-15-16-4-2-1-3-12(10)16/h1-4,6-8,11H,5,13H2. The first kappa shape index (κ1) is 10.4. The van der Waals surface area contributed by atoms with Gasteiger partial charge in [-0.1, -0.05) is 6.07 Å². The molecule has 0 radical (unpaired) electrons. The summed E-state index contributed by atoms with van der Waals surface area (Å²) in [6, 6.07) is 5.96. The van der Waals surface area contributed by atoms with Gasteiger partial charge in [0.25, 0.3) is 0 Å². The third-order valence-corrected chi connectivity index (χ3v) is 3.56. The van der Waals surface area contributed by atoms with Gasteiger partial charge in [-0.15, -0.1) is 11.3 Å². The van der Waals surface area contributed by atoms with Crippen LogP contribution < -0.4 is 5.73 Å². The molecule has 3 aromatic rings. The summed E-state index contributed by atoms with van der Waals surface area (Å²) < 4.78 is 1.85. The van der Waals surface area contributed by atoms with Crippen molar-refractivity contribution in [1.82, 2.24) is 14.6 Å². The van der Waals surface area contributed by atoms with Crippen LogP contribution in [-0.4, -0.2) is 14.6 Å². The molecule has 0 saturated carbocycles. The van der Waals surface area contributed by atoms with Gasteiger partial charge in [-0.05, 0) is 12.1 Å². The Hall–Kier alpha value is -1.72. The molecule has 0 saturated heterocycles. The molecule has 1 atom stereocenters. The summed E-state index contributed by atoms with van der Waals surface area (Å²) in [5.74, 6) is 0. The average Bonchev–Trinajstić information content (AvgIpc) is 2.96. The Kier molecular flexibility index (Phi) is 2.62. The van der Waals surface area contributed by atoms with Crippen LogP contribution in [0.1, 0.15) is 16.5 Å². The molecular weight excluding hydrogens is 232 g/mol. The molecule has 1 unspecified atom stereocenters. The highest BCUT2D eigenvalue weighted by Crippen LogP contribution is 2.21. The lowest BCUT2D eigenvalue weighted by Gasteiger charge is -2.08. The number of aromatic nitrogens is 3. The van der Waals surface area contributed by atoms with Crippen LogP contribution in [0.15, 0.2) is 42.3 Å². The molecule has 2 N–H and O–H groups in total. The smallest absolute Gasteiger partial charge is 0.0794 e. The van der Waals surface area contributed by atoms with Gasteiger partial charge in [0.05, 0.1) is 17.2 Å². The Labute approximate surface area is 103 Å². The van der Waals surface area contributed by atoms with Crippen LogP contribution in [0.2, 0.25) is 0 Å². The summed E-state index contributed by atoms with van der Waals surface area (Å²) in [4.78, 5) is 5.26. The molecule has 0 aliphatic carbocycles. The van der Waals surface area contributed by atoms with Gasteiger partial charge >= 0.3 is 0 Å². The largest absolute Gasteiger partial charge is 0.324 e. The first-order chi connectivity index (χ1) is 8.34. The molecule has 3 rings (SSSR count). The number of hydrogen-bond donors (Lipinski definition) is 1. The summed E-state index contributed by atoms with van der Waals surface area (Å²) in [6.45, 7) is 0. The zero-order valence-corrected chi connectivity index (χ0v) is 9.97. The van der Waals surface area contributed by atoms with E-state index < -0.39 is 0 Å². The molecule has 0 aliphatic heterocycles. The number of hydrogen-bond acceptors (Lipinski definition) is 4. The van der Waals surface area contributed by atoms with E-state index in [1.54, 1.807) is 11.3 Å². The highest BCUT2D eigenvalue weighted by molar-refractivity contribution is 7.09. The lowest BCUT2D eigenvalue weighted by molar-refractivity contribution is 0.735. The average molecular weight is 244 g/mol. The van der Waals surface area contributed by atoms with Crippen molar-refractivity contribution >= 4 is 16.9 Å². The van der Waals surface area contributed by atoms with E-state index in [0.29, 0.717) is 0 Å². The minimum Gasteiger partial charge on any atom is -0.324 e. The summed E-state index contributed by atoms with van der Waals surface area (Å²) >= 11 is 1.64. The number of rotatable bonds is 3. The molecule has 0 bridgehead atoms. The molecular formula is C12H12N4S. The monoisotopic (exact) mass is 244 g/mol. The van der Waals surface area contributed by atoms with Crippen molar-refractivity contribution in [2.24, 2.45) is 5.73 Å². The Bertz CT molecular complexity index is 614. The maximum atomic E-state index is 6.22. The second kappa shape index (κ2) is 4.27. The minimum atomic E-state index is -0.0321. The quantitative estimate of drug-likeness (QED) is 0.767. The molecule has 0 spiro atoms. The van der Waals surface area contributed by atoms with E-state index in [1.807, 2.05) is 46.8 Å². The van der Waals surface area contributed by atoms with E-state index in [1.165, 1.54) is 4.88 Å². The van der Waals surface area contributed by atoms with Crippen molar-refractivity contribution in [3.8, 4) is 0 Å². The summed E-state index contributed by atoms with van der Waals surface area (Å²) in [5.41, 5.74) is 10.2. The Morgan fingerprint density at radius 1 is 1.35 bits per heavy atom. The predicted octanol–water partition coefficient (Wildman–Crippen LogP) is 2.03. The normalized spacial score (nSPS) is 13.0. The van der Waals surface area contributed by atoms with Crippen molar-refractivity contribution in [3.05, 3.63) is 52.7 Å². The minimum absolute atomic E-state index is 0.0321. The molecule has 17 heavy (non-hydrogen) atoms. The molecule has 5 heteroatoms. The molecule has 0 fully saturated rings. The van der Waals surface area contributed by atoms with E-state index in [9.17, 15) is 0 Å². The van der Waals surface area contributed by atoms with Gasteiger partial charge in [0.15, 0.2) is 0 Å². The zero-order valence-electron chi connectivity index (χ0n) is 9.15. The first-order valence-corrected chi connectivity index (χ1v) is 6.28. The number of pyridine rings is 1. The fourth-order valence-electron chi connectivity index (χ4n) is 1.91. The molecule has 0 aromatic carbocycles. The van der Waals surface area contributed by atoms with Crippen molar-refractivity contribution in [1.29, 1.82) is 0 Å². The first-order valence-electron chi connectivity index (χ1n) is 5.40. The molecule has 0 amide bonds. The van der Waals surface area contributed by atoms with Crippen molar-refractivity contribution in [2.75, 3.05) is 0 Å². The molecule has 86 valence electrons. The second-order valence-electron chi connectivity index (χ2n) is 3.91. The number of nitrogens with zero attached hydrogens (tertiary/aromatic N) is 3. The maximum absolute atomic E-state index is 6.22. The zero-order chi connectivity index (χ0) is 11.7. The molecule has 4 nitrogen and oxygen atoms in total. The van der Waals surface area contributed by atoms with E-state index in [2.05, 4.69) is 10.1 Å². The fraction of sp³-hybridized carbons (Fsp3) is 0.167. The highest BCUT2D eigenvalue weighted by atomic mass is 32.1. The highest BCUT2D eigenvalue weighted by Gasteiger charge is 2.13. The van der Waals surface area contributed by atoms with E-state index >= 15 is 0 Å². The van der Waals surface area contributed by atoms with Crippen molar-refractivity contribution in [2.45, 2.75) is 12.5 Å². The van der Waals surface area contributed by atoms with Crippen molar-refractivity contribution in [3.63, 3.8) is 0 Å². The van der Waals surface area contributed by atoms with Crippen molar-refractivity contribution < 1.29 is 0 Å².